The maximum Gasteiger partial charge on any atom is 0.225 e. The SMILES string of the molecule is CCC(CC)C(=O)N1CC=C(c2c[nH]c3ccccc23)CC1. The number of carbonyl (C=O) groups is 1. The van der Waals surface area contributed by atoms with Gasteiger partial charge in [-0.05, 0) is 30.9 Å². The molecule has 0 atom stereocenters. The normalized spacial score (nSPS) is 15.4. The summed E-state index contributed by atoms with van der Waals surface area (Å²) >= 11 is 0. The highest BCUT2D eigenvalue weighted by atomic mass is 16.2. The molecule has 3 nitrogen and oxygen atoms in total. The van der Waals surface area contributed by atoms with E-state index in [4.69, 9.17) is 0 Å². The topological polar surface area (TPSA) is 36.1 Å². The van der Waals surface area contributed by atoms with Crippen molar-refractivity contribution < 1.29 is 4.79 Å². The van der Waals surface area contributed by atoms with Crippen LogP contribution in [-0.2, 0) is 4.79 Å². The average molecular weight is 296 g/mol. The molecule has 2 heterocycles. The van der Waals surface area contributed by atoms with E-state index in [-0.39, 0.29) is 5.92 Å². The number of nitrogens with one attached hydrogen (secondary N) is 1. The van der Waals surface area contributed by atoms with E-state index < -0.39 is 0 Å². The lowest BCUT2D eigenvalue weighted by Crippen LogP contribution is -2.38. The highest BCUT2D eigenvalue weighted by Crippen LogP contribution is 2.29. The lowest BCUT2D eigenvalue weighted by Gasteiger charge is -2.29. The molecule has 0 fully saturated rings. The van der Waals surface area contributed by atoms with Crippen LogP contribution in [0.5, 0.6) is 0 Å². The minimum Gasteiger partial charge on any atom is -0.361 e. The minimum atomic E-state index is 0.183. The lowest BCUT2D eigenvalue weighted by molar-refractivity contribution is -0.135. The van der Waals surface area contributed by atoms with Crippen LogP contribution in [0.2, 0.25) is 0 Å². The fraction of sp³-hybridized carbons (Fsp3) is 0.421. The molecular weight excluding hydrogens is 272 g/mol. The van der Waals surface area contributed by atoms with Gasteiger partial charge in [-0.3, -0.25) is 4.79 Å². The van der Waals surface area contributed by atoms with Gasteiger partial charge in [0.2, 0.25) is 5.91 Å². The van der Waals surface area contributed by atoms with E-state index in [0.717, 1.165) is 32.4 Å². The predicted molar refractivity (Wildman–Crippen MR) is 91.5 cm³/mol. The van der Waals surface area contributed by atoms with Crippen LogP contribution in [0.15, 0.2) is 36.5 Å². The van der Waals surface area contributed by atoms with Crippen LogP contribution >= 0.6 is 0 Å². The molecule has 0 spiro atoms. The first-order valence-electron chi connectivity index (χ1n) is 8.28. The molecule has 0 saturated carbocycles. The van der Waals surface area contributed by atoms with Gasteiger partial charge in [0, 0.05) is 41.7 Å². The van der Waals surface area contributed by atoms with E-state index in [9.17, 15) is 4.79 Å². The highest BCUT2D eigenvalue weighted by Gasteiger charge is 2.23. The Hall–Kier alpha value is -2.03. The number of rotatable bonds is 4. The number of para-hydroxylation sites is 1. The fourth-order valence-corrected chi connectivity index (χ4v) is 3.35. The number of benzene rings is 1. The molecule has 22 heavy (non-hydrogen) atoms. The zero-order valence-corrected chi connectivity index (χ0v) is 13.4. The van der Waals surface area contributed by atoms with Crippen molar-refractivity contribution in [2.45, 2.75) is 33.1 Å². The van der Waals surface area contributed by atoms with Gasteiger partial charge < -0.3 is 9.88 Å². The van der Waals surface area contributed by atoms with Gasteiger partial charge >= 0.3 is 0 Å². The Labute approximate surface area is 132 Å². The van der Waals surface area contributed by atoms with Gasteiger partial charge in [-0.1, -0.05) is 38.1 Å². The predicted octanol–water partition coefficient (Wildman–Crippen LogP) is 4.22. The van der Waals surface area contributed by atoms with E-state index >= 15 is 0 Å². The van der Waals surface area contributed by atoms with Crippen LogP contribution in [0.3, 0.4) is 0 Å². The summed E-state index contributed by atoms with van der Waals surface area (Å²) in [7, 11) is 0. The van der Waals surface area contributed by atoms with Crippen molar-refractivity contribution in [1.82, 2.24) is 9.88 Å². The summed E-state index contributed by atoms with van der Waals surface area (Å²) in [6.45, 7) is 5.78. The Bertz CT molecular complexity index is 694. The van der Waals surface area contributed by atoms with E-state index in [1.807, 2.05) is 11.0 Å². The molecule has 1 N–H and O–H groups in total. The van der Waals surface area contributed by atoms with Gasteiger partial charge in [-0.2, -0.15) is 0 Å². The maximum atomic E-state index is 12.5. The maximum absolute atomic E-state index is 12.5. The third-order valence-electron chi connectivity index (χ3n) is 4.79. The number of hydrogen-bond acceptors (Lipinski definition) is 1. The second-order valence-corrected chi connectivity index (χ2v) is 6.02. The molecule has 0 unspecified atom stereocenters. The standard InChI is InChI=1S/C19H24N2O/c1-3-14(4-2)19(22)21-11-9-15(10-12-21)17-13-20-18-8-6-5-7-16(17)18/h5-9,13-14,20H,3-4,10-12H2,1-2H3. The molecule has 0 radical (unpaired) electrons. The van der Waals surface area contributed by atoms with Crippen LogP contribution in [0, 0.1) is 5.92 Å². The zero-order chi connectivity index (χ0) is 15.5. The van der Waals surface area contributed by atoms with Crippen molar-refractivity contribution >= 4 is 22.4 Å². The van der Waals surface area contributed by atoms with E-state index in [0.29, 0.717) is 5.91 Å². The molecule has 0 aliphatic carbocycles. The van der Waals surface area contributed by atoms with Crippen LogP contribution in [0.25, 0.3) is 16.5 Å². The van der Waals surface area contributed by atoms with Crippen molar-refractivity contribution in [2.24, 2.45) is 5.92 Å². The third kappa shape index (κ3) is 2.68. The van der Waals surface area contributed by atoms with Crippen molar-refractivity contribution in [2.75, 3.05) is 13.1 Å². The van der Waals surface area contributed by atoms with Gasteiger partial charge in [0.15, 0.2) is 0 Å². The molecule has 1 aliphatic rings. The van der Waals surface area contributed by atoms with Crippen LogP contribution in [-0.4, -0.2) is 28.9 Å². The largest absolute Gasteiger partial charge is 0.361 e. The second kappa shape index (κ2) is 6.39. The number of fused-ring (bicyclic) bond motifs is 1. The molecule has 2 aromatic rings. The molecule has 0 saturated heterocycles. The van der Waals surface area contributed by atoms with E-state index in [1.165, 1.54) is 22.0 Å². The smallest absolute Gasteiger partial charge is 0.225 e. The number of hydrogen-bond donors (Lipinski definition) is 1. The molecule has 1 amide bonds. The summed E-state index contributed by atoms with van der Waals surface area (Å²) in [4.78, 5) is 17.8. The molecular formula is C19H24N2O. The van der Waals surface area contributed by atoms with E-state index in [2.05, 4.69) is 49.3 Å². The van der Waals surface area contributed by atoms with Gasteiger partial charge in [-0.25, -0.2) is 0 Å². The summed E-state index contributed by atoms with van der Waals surface area (Å²) < 4.78 is 0. The molecule has 3 heteroatoms. The van der Waals surface area contributed by atoms with E-state index in [1.54, 1.807) is 0 Å². The summed E-state index contributed by atoms with van der Waals surface area (Å²) in [5.74, 6) is 0.502. The Morgan fingerprint density at radius 3 is 2.73 bits per heavy atom. The quantitative estimate of drug-likeness (QED) is 0.901. The molecule has 1 aliphatic heterocycles. The number of aromatic nitrogens is 1. The van der Waals surface area contributed by atoms with Crippen molar-refractivity contribution in [3.05, 3.63) is 42.1 Å². The van der Waals surface area contributed by atoms with Gasteiger partial charge in [-0.15, -0.1) is 0 Å². The molecule has 0 bridgehead atoms. The third-order valence-corrected chi connectivity index (χ3v) is 4.79. The van der Waals surface area contributed by atoms with Crippen molar-refractivity contribution in [3.63, 3.8) is 0 Å². The number of H-pyrrole nitrogens is 1. The van der Waals surface area contributed by atoms with Crippen LogP contribution in [0.1, 0.15) is 38.7 Å². The Balaban J connectivity index is 1.78. The first kappa shape index (κ1) is 14.9. The number of aromatic amines is 1. The zero-order valence-electron chi connectivity index (χ0n) is 13.4. The molecule has 116 valence electrons. The first-order valence-corrected chi connectivity index (χ1v) is 8.28. The minimum absolute atomic E-state index is 0.183. The molecule has 1 aromatic heterocycles. The highest BCUT2D eigenvalue weighted by molar-refractivity contribution is 5.93. The Morgan fingerprint density at radius 1 is 1.27 bits per heavy atom. The lowest BCUT2D eigenvalue weighted by atomic mass is 9.96. The first-order chi connectivity index (χ1) is 10.7. The number of amides is 1. The fourth-order valence-electron chi connectivity index (χ4n) is 3.35. The average Bonchev–Trinajstić information content (AvgIpc) is 3.00. The molecule has 3 rings (SSSR count). The summed E-state index contributed by atoms with van der Waals surface area (Å²) in [5, 5.41) is 1.27. The van der Waals surface area contributed by atoms with Gasteiger partial charge in [0.1, 0.15) is 0 Å². The Morgan fingerprint density at radius 2 is 2.05 bits per heavy atom. The summed E-state index contributed by atoms with van der Waals surface area (Å²) in [5.41, 5.74) is 3.81. The van der Waals surface area contributed by atoms with Crippen LogP contribution in [0.4, 0.5) is 0 Å². The number of carbonyl (C=O) groups excluding carboxylic acids is 1. The monoisotopic (exact) mass is 296 g/mol. The summed E-state index contributed by atoms with van der Waals surface area (Å²) in [6, 6.07) is 8.38. The Kier molecular flexibility index (Phi) is 4.32. The number of nitrogens with zero attached hydrogens (tertiary/aromatic N) is 1. The second-order valence-electron chi connectivity index (χ2n) is 6.02. The molecule has 1 aromatic carbocycles. The van der Waals surface area contributed by atoms with Crippen molar-refractivity contribution in [3.8, 4) is 0 Å². The summed E-state index contributed by atoms with van der Waals surface area (Å²) in [6.07, 6.45) is 7.12. The van der Waals surface area contributed by atoms with Crippen LogP contribution < -0.4 is 0 Å². The van der Waals surface area contributed by atoms with Gasteiger partial charge in [0.05, 0.1) is 0 Å². The van der Waals surface area contributed by atoms with Gasteiger partial charge in [0.25, 0.3) is 0 Å². The van der Waals surface area contributed by atoms with Crippen molar-refractivity contribution in [1.29, 1.82) is 0 Å².